The lowest BCUT2D eigenvalue weighted by Crippen LogP contribution is -2.19. The van der Waals surface area contributed by atoms with Crippen molar-refractivity contribution >= 4 is 5.97 Å². The van der Waals surface area contributed by atoms with Crippen LogP contribution >= 0.6 is 0 Å². The molecule has 0 radical (unpaired) electrons. The zero-order valence-corrected chi connectivity index (χ0v) is 5.97. The fourth-order valence-electron chi connectivity index (χ4n) is 0.849. The van der Waals surface area contributed by atoms with E-state index in [1.165, 1.54) is 0 Å². The van der Waals surface area contributed by atoms with Gasteiger partial charge in [0.2, 0.25) is 5.76 Å². The van der Waals surface area contributed by atoms with Crippen LogP contribution in [-0.4, -0.2) is 38.8 Å². The first-order valence-electron chi connectivity index (χ1n) is 3.21. The molecule has 12 heavy (non-hydrogen) atoms. The molecule has 0 saturated heterocycles. The van der Waals surface area contributed by atoms with Crippen molar-refractivity contribution in [3.63, 3.8) is 0 Å². The van der Waals surface area contributed by atoms with E-state index in [2.05, 4.69) is 4.74 Å². The Labute approximate surface area is 67.3 Å². The third-order valence-electron chi connectivity index (χ3n) is 1.42. The van der Waals surface area contributed by atoms with Gasteiger partial charge in [0.05, 0.1) is 0 Å². The molecule has 1 heterocycles. The molecule has 0 spiro atoms. The molecule has 0 amide bonds. The standard InChI is InChI=1S/C6H8O6/c7-3(8)1-2-4(9)5(10)6(11)12-2/h2-3,7-10H,1H2/t2-/m1/s1. The Morgan fingerprint density at radius 2 is 2.00 bits per heavy atom. The van der Waals surface area contributed by atoms with Gasteiger partial charge in [-0.1, -0.05) is 0 Å². The Morgan fingerprint density at radius 3 is 2.33 bits per heavy atom. The summed E-state index contributed by atoms with van der Waals surface area (Å²) in [7, 11) is 0. The summed E-state index contributed by atoms with van der Waals surface area (Å²) in [5.74, 6) is -2.59. The van der Waals surface area contributed by atoms with Crippen LogP contribution in [0.1, 0.15) is 6.42 Å². The van der Waals surface area contributed by atoms with Crippen molar-refractivity contribution in [3.05, 3.63) is 11.5 Å². The number of carbonyl (C=O) groups is 1. The molecule has 1 atom stereocenters. The maximum Gasteiger partial charge on any atom is 0.377 e. The van der Waals surface area contributed by atoms with Gasteiger partial charge in [-0.15, -0.1) is 0 Å². The molecular weight excluding hydrogens is 168 g/mol. The van der Waals surface area contributed by atoms with Crippen molar-refractivity contribution in [3.8, 4) is 0 Å². The van der Waals surface area contributed by atoms with E-state index in [1.807, 2.05) is 0 Å². The number of ether oxygens (including phenoxy) is 1. The number of hydrogen-bond acceptors (Lipinski definition) is 6. The number of aliphatic hydroxyl groups excluding tert-OH is 3. The molecule has 0 aromatic heterocycles. The molecule has 0 aromatic carbocycles. The normalized spacial score (nSPS) is 23.6. The predicted octanol–water partition coefficient (Wildman–Crippen LogP) is -1.06. The monoisotopic (exact) mass is 176 g/mol. The summed E-state index contributed by atoms with van der Waals surface area (Å²) < 4.78 is 4.36. The van der Waals surface area contributed by atoms with E-state index in [9.17, 15) is 4.79 Å². The van der Waals surface area contributed by atoms with Gasteiger partial charge in [-0.2, -0.15) is 0 Å². The van der Waals surface area contributed by atoms with Crippen molar-refractivity contribution in [1.82, 2.24) is 0 Å². The zero-order chi connectivity index (χ0) is 9.30. The van der Waals surface area contributed by atoms with E-state index in [0.717, 1.165) is 0 Å². The van der Waals surface area contributed by atoms with E-state index in [0.29, 0.717) is 0 Å². The third-order valence-corrected chi connectivity index (χ3v) is 1.42. The Balaban J connectivity index is 2.67. The molecule has 0 saturated carbocycles. The molecule has 0 bridgehead atoms. The van der Waals surface area contributed by atoms with Crippen molar-refractivity contribution in [2.75, 3.05) is 0 Å². The number of aliphatic hydroxyl groups is 4. The highest BCUT2D eigenvalue weighted by molar-refractivity contribution is 5.88. The van der Waals surface area contributed by atoms with Crippen LogP contribution in [0.5, 0.6) is 0 Å². The largest absolute Gasteiger partial charge is 0.505 e. The Hall–Kier alpha value is -1.27. The van der Waals surface area contributed by atoms with Gasteiger partial charge in [-0.05, 0) is 0 Å². The van der Waals surface area contributed by atoms with Crippen molar-refractivity contribution in [2.24, 2.45) is 0 Å². The van der Waals surface area contributed by atoms with E-state index in [-0.39, 0.29) is 6.42 Å². The maximum absolute atomic E-state index is 10.5. The van der Waals surface area contributed by atoms with Crippen LogP contribution in [0.3, 0.4) is 0 Å². The summed E-state index contributed by atoms with van der Waals surface area (Å²) in [6.45, 7) is 0. The number of rotatable bonds is 2. The molecule has 4 N–H and O–H groups in total. The molecule has 0 aromatic rings. The van der Waals surface area contributed by atoms with Crippen LogP contribution < -0.4 is 0 Å². The van der Waals surface area contributed by atoms with Crippen LogP contribution in [0, 0.1) is 0 Å². The minimum atomic E-state index is -1.70. The summed E-state index contributed by atoms with van der Waals surface area (Å²) in [6.07, 6.45) is -3.21. The topological polar surface area (TPSA) is 107 Å². The lowest BCUT2D eigenvalue weighted by Gasteiger charge is -2.09. The fourth-order valence-corrected chi connectivity index (χ4v) is 0.849. The van der Waals surface area contributed by atoms with E-state index >= 15 is 0 Å². The lowest BCUT2D eigenvalue weighted by atomic mass is 10.2. The number of cyclic esters (lactones) is 1. The fraction of sp³-hybridized carbons (Fsp3) is 0.500. The minimum absolute atomic E-state index is 0.359. The molecule has 68 valence electrons. The van der Waals surface area contributed by atoms with E-state index in [1.54, 1.807) is 0 Å². The lowest BCUT2D eigenvalue weighted by molar-refractivity contribution is -0.146. The predicted molar refractivity (Wildman–Crippen MR) is 35.0 cm³/mol. The third kappa shape index (κ3) is 1.49. The van der Waals surface area contributed by atoms with Gasteiger partial charge >= 0.3 is 5.97 Å². The number of carbonyl (C=O) groups excluding carboxylic acids is 1. The zero-order valence-electron chi connectivity index (χ0n) is 5.97. The molecule has 1 aliphatic rings. The van der Waals surface area contributed by atoms with E-state index < -0.39 is 29.9 Å². The summed E-state index contributed by atoms with van der Waals surface area (Å²) >= 11 is 0. The van der Waals surface area contributed by atoms with Crippen molar-refractivity contribution in [2.45, 2.75) is 18.8 Å². The Bertz CT molecular complexity index is 230. The molecule has 0 aliphatic carbocycles. The highest BCUT2D eigenvalue weighted by Crippen LogP contribution is 2.21. The Morgan fingerprint density at radius 1 is 1.42 bits per heavy atom. The average Bonchev–Trinajstić information content (AvgIpc) is 2.17. The summed E-state index contributed by atoms with van der Waals surface area (Å²) in [6, 6.07) is 0. The summed E-state index contributed by atoms with van der Waals surface area (Å²) in [5, 5.41) is 34.6. The summed E-state index contributed by atoms with van der Waals surface area (Å²) in [5.41, 5.74) is 0. The van der Waals surface area contributed by atoms with Crippen LogP contribution in [0.4, 0.5) is 0 Å². The van der Waals surface area contributed by atoms with Crippen LogP contribution in [0.25, 0.3) is 0 Å². The second-order valence-electron chi connectivity index (χ2n) is 2.34. The SMILES string of the molecule is O=C1O[C@H](CC(O)O)C(O)=C1O. The van der Waals surface area contributed by atoms with Gasteiger partial charge in [0.25, 0.3) is 0 Å². The van der Waals surface area contributed by atoms with Crippen LogP contribution in [-0.2, 0) is 9.53 Å². The summed E-state index contributed by atoms with van der Waals surface area (Å²) in [4.78, 5) is 10.5. The van der Waals surface area contributed by atoms with Crippen LogP contribution in [0.2, 0.25) is 0 Å². The molecule has 0 unspecified atom stereocenters. The molecule has 1 rings (SSSR count). The second kappa shape index (κ2) is 3.00. The van der Waals surface area contributed by atoms with Crippen LogP contribution in [0.15, 0.2) is 11.5 Å². The second-order valence-corrected chi connectivity index (χ2v) is 2.34. The smallest absolute Gasteiger partial charge is 0.377 e. The molecule has 0 fully saturated rings. The first-order chi connectivity index (χ1) is 5.52. The van der Waals surface area contributed by atoms with Crippen molar-refractivity contribution in [1.29, 1.82) is 0 Å². The first kappa shape index (κ1) is 8.82. The van der Waals surface area contributed by atoms with Crippen molar-refractivity contribution < 1.29 is 30.0 Å². The first-order valence-corrected chi connectivity index (χ1v) is 3.21. The Kier molecular flexibility index (Phi) is 2.20. The quantitative estimate of drug-likeness (QED) is 0.315. The minimum Gasteiger partial charge on any atom is -0.505 e. The average molecular weight is 176 g/mol. The van der Waals surface area contributed by atoms with Gasteiger partial charge < -0.3 is 25.2 Å². The number of esters is 1. The molecule has 1 aliphatic heterocycles. The van der Waals surface area contributed by atoms with Gasteiger partial charge in [-0.25, -0.2) is 4.79 Å². The molecular formula is C6H8O6. The molecule has 6 nitrogen and oxygen atoms in total. The van der Waals surface area contributed by atoms with Gasteiger partial charge in [0.15, 0.2) is 18.2 Å². The van der Waals surface area contributed by atoms with Gasteiger partial charge in [0, 0.05) is 6.42 Å². The van der Waals surface area contributed by atoms with E-state index in [4.69, 9.17) is 20.4 Å². The number of hydrogen-bond donors (Lipinski definition) is 4. The van der Waals surface area contributed by atoms with Gasteiger partial charge in [0.1, 0.15) is 0 Å². The highest BCUT2D eigenvalue weighted by atomic mass is 16.6. The molecule has 6 heteroatoms. The highest BCUT2D eigenvalue weighted by Gasteiger charge is 2.35. The maximum atomic E-state index is 10.5. The van der Waals surface area contributed by atoms with Gasteiger partial charge in [-0.3, -0.25) is 0 Å².